The molecule has 0 aliphatic rings. The van der Waals surface area contributed by atoms with Crippen molar-refractivity contribution in [2.24, 2.45) is 0 Å². The second-order valence-electron chi connectivity index (χ2n) is 3.88. The summed E-state index contributed by atoms with van der Waals surface area (Å²) in [4.78, 5) is 4.16. The SMILES string of the molecule is COCCNS(=O)(=O)c1cnc(-c2ccc(Br)cc2)s1. The van der Waals surface area contributed by atoms with Crippen molar-refractivity contribution in [2.45, 2.75) is 4.21 Å². The number of nitrogens with zero attached hydrogens (tertiary/aromatic N) is 1. The molecule has 0 radical (unpaired) electrons. The van der Waals surface area contributed by atoms with E-state index in [1.54, 1.807) is 0 Å². The molecule has 0 aliphatic heterocycles. The van der Waals surface area contributed by atoms with Gasteiger partial charge in [0, 0.05) is 23.7 Å². The molecular weight excluding hydrogens is 364 g/mol. The third-order valence-corrected chi connectivity index (χ3v) is 5.94. The highest BCUT2D eigenvalue weighted by atomic mass is 79.9. The molecule has 0 bridgehead atoms. The highest BCUT2D eigenvalue weighted by molar-refractivity contribution is 9.10. The zero-order valence-electron chi connectivity index (χ0n) is 10.7. The first kappa shape index (κ1) is 15.6. The summed E-state index contributed by atoms with van der Waals surface area (Å²) < 4.78 is 32.4. The van der Waals surface area contributed by atoms with Gasteiger partial charge in [-0.2, -0.15) is 0 Å². The fourth-order valence-corrected chi connectivity index (χ4v) is 3.92. The molecule has 20 heavy (non-hydrogen) atoms. The number of hydrogen-bond acceptors (Lipinski definition) is 5. The smallest absolute Gasteiger partial charge is 0.251 e. The molecule has 0 spiro atoms. The molecular formula is C12H13BrN2O3S2. The summed E-state index contributed by atoms with van der Waals surface area (Å²) in [6.07, 6.45) is 1.37. The Hall–Kier alpha value is -0.800. The molecule has 0 aliphatic carbocycles. The lowest BCUT2D eigenvalue weighted by Crippen LogP contribution is -2.26. The third-order valence-electron chi connectivity index (χ3n) is 2.44. The predicted molar refractivity (Wildman–Crippen MR) is 82.3 cm³/mol. The van der Waals surface area contributed by atoms with Gasteiger partial charge in [0.05, 0.1) is 12.8 Å². The number of halogens is 1. The van der Waals surface area contributed by atoms with E-state index in [2.05, 4.69) is 25.6 Å². The maximum Gasteiger partial charge on any atom is 0.251 e. The zero-order chi connectivity index (χ0) is 14.6. The van der Waals surface area contributed by atoms with Crippen molar-refractivity contribution < 1.29 is 13.2 Å². The standard InChI is InChI=1S/C12H13BrN2O3S2/c1-18-7-6-15-20(16,17)11-8-14-12(19-11)9-2-4-10(13)5-3-9/h2-5,8,15H,6-7H2,1H3. The monoisotopic (exact) mass is 376 g/mol. The van der Waals surface area contributed by atoms with E-state index in [9.17, 15) is 8.42 Å². The number of benzene rings is 1. The van der Waals surface area contributed by atoms with Crippen LogP contribution in [-0.4, -0.2) is 33.7 Å². The van der Waals surface area contributed by atoms with E-state index in [1.165, 1.54) is 13.3 Å². The second kappa shape index (κ2) is 6.77. The lowest BCUT2D eigenvalue weighted by Gasteiger charge is -2.02. The van der Waals surface area contributed by atoms with Crippen LogP contribution in [-0.2, 0) is 14.8 Å². The molecule has 1 aromatic carbocycles. The molecule has 1 aromatic heterocycles. The number of aromatic nitrogens is 1. The Morgan fingerprint density at radius 2 is 2.05 bits per heavy atom. The first-order valence-corrected chi connectivity index (χ1v) is 8.82. The number of rotatable bonds is 6. The Bertz CT molecular complexity index is 668. The normalized spacial score (nSPS) is 11.7. The van der Waals surface area contributed by atoms with Crippen molar-refractivity contribution in [3.63, 3.8) is 0 Å². The van der Waals surface area contributed by atoms with E-state index in [1.807, 2.05) is 24.3 Å². The first-order chi connectivity index (χ1) is 9.53. The molecule has 8 heteroatoms. The Balaban J connectivity index is 2.18. The molecule has 5 nitrogen and oxygen atoms in total. The summed E-state index contributed by atoms with van der Waals surface area (Å²) in [5.74, 6) is 0. The van der Waals surface area contributed by atoms with Crippen molar-refractivity contribution in [1.29, 1.82) is 0 Å². The minimum absolute atomic E-state index is 0.200. The quantitative estimate of drug-likeness (QED) is 0.786. The molecule has 108 valence electrons. The summed E-state index contributed by atoms with van der Waals surface area (Å²) >= 11 is 4.49. The van der Waals surface area contributed by atoms with Crippen LogP contribution in [0.25, 0.3) is 10.6 Å². The lowest BCUT2D eigenvalue weighted by molar-refractivity contribution is 0.204. The lowest BCUT2D eigenvalue weighted by atomic mass is 10.2. The summed E-state index contributed by atoms with van der Waals surface area (Å²) in [5, 5.41) is 0.671. The van der Waals surface area contributed by atoms with E-state index >= 15 is 0 Å². The molecule has 0 saturated heterocycles. The van der Waals surface area contributed by atoms with Crippen LogP contribution < -0.4 is 4.72 Å². The third kappa shape index (κ3) is 3.86. The van der Waals surface area contributed by atoms with Gasteiger partial charge in [-0.05, 0) is 12.1 Å². The number of ether oxygens (including phenoxy) is 1. The zero-order valence-corrected chi connectivity index (χ0v) is 13.9. The van der Waals surface area contributed by atoms with E-state index < -0.39 is 10.0 Å². The van der Waals surface area contributed by atoms with Gasteiger partial charge in [-0.1, -0.05) is 28.1 Å². The summed E-state index contributed by atoms with van der Waals surface area (Å²) in [6.45, 7) is 0.571. The van der Waals surface area contributed by atoms with Crippen molar-refractivity contribution in [3.8, 4) is 10.6 Å². The fraction of sp³-hybridized carbons (Fsp3) is 0.250. The van der Waals surface area contributed by atoms with Crippen LogP contribution in [0.5, 0.6) is 0 Å². The average Bonchev–Trinajstić information content (AvgIpc) is 2.90. The number of thiazole rings is 1. The van der Waals surface area contributed by atoms with Crippen molar-refractivity contribution in [3.05, 3.63) is 34.9 Å². The number of sulfonamides is 1. The molecule has 1 heterocycles. The van der Waals surface area contributed by atoms with Crippen LogP contribution in [0.4, 0.5) is 0 Å². The van der Waals surface area contributed by atoms with Crippen LogP contribution in [0.2, 0.25) is 0 Å². The van der Waals surface area contributed by atoms with Gasteiger partial charge in [0.2, 0.25) is 0 Å². The summed E-state index contributed by atoms with van der Waals surface area (Å²) in [5.41, 5.74) is 0.886. The fourth-order valence-electron chi connectivity index (χ4n) is 1.46. The molecule has 0 fully saturated rings. The molecule has 2 rings (SSSR count). The molecule has 0 saturated carbocycles. The van der Waals surface area contributed by atoms with Crippen molar-refractivity contribution in [1.82, 2.24) is 9.71 Å². The van der Waals surface area contributed by atoms with E-state index in [4.69, 9.17) is 4.74 Å². The van der Waals surface area contributed by atoms with Gasteiger partial charge in [0.25, 0.3) is 10.0 Å². The van der Waals surface area contributed by atoms with Gasteiger partial charge >= 0.3 is 0 Å². The highest BCUT2D eigenvalue weighted by Crippen LogP contribution is 2.28. The number of hydrogen-bond donors (Lipinski definition) is 1. The Morgan fingerprint density at radius 3 is 2.70 bits per heavy atom. The van der Waals surface area contributed by atoms with Gasteiger partial charge in [-0.15, -0.1) is 11.3 Å². The molecule has 2 aromatic rings. The van der Waals surface area contributed by atoms with Crippen LogP contribution >= 0.6 is 27.3 Å². The Kier molecular flexibility index (Phi) is 5.28. The highest BCUT2D eigenvalue weighted by Gasteiger charge is 2.17. The van der Waals surface area contributed by atoms with Gasteiger partial charge in [0.15, 0.2) is 4.21 Å². The molecule has 0 atom stereocenters. The predicted octanol–water partition coefficient (Wildman–Crippen LogP) is 2.50. The number of nitrogens with one attached hydrogen (secondary N) is 1. The average molecular weight is 377 g/mol. The van der Waals surface area contributed by atoms with Gasteiger partial charge in [-0.25, -0.2) is 18.1 Å². The second-order valence-corrected chi connectivity index (χ2v) is 7.82. The number of methoxy groups -OCH3 is 1. The van der Waals surface area contributed by atoms with E-state index in [0.717, 1.165) is 21.4 Å². The van der Waals surface area contributed by atoms with Crippen LogP contribution in [0.15, 0.2) is 39.1 Å². The van der Waals surface area contributed by atoms with E-state index in [-0.39, 0.29) is 10.8 Å². The molecule has 0 unspecified atom stereocenters. The first-order valence-electron chi connectivity index (χ1n) is 5.73. The van der Waals surface area contributed by atoms with Gasteiger partial charge < -0.3 is 4.74 Å². The Morgan fingerprint density at radius 1 is 1.35 bits per heavy atom. The van der Waals surface area contributed by atoms with Crippen molar-refractivity contribution in [2.75, 3.05) is 20.3 Å². The summed E-state index contributed by atoms with van der Waals surface area (Å²) in [6, 6.07) is 7.55. The van der Waals surface area contributed by atoms with Gasteiger partial charge in [-0.3, -0.25) is 0 Å². The molecule has 1 N–H and O–H groups in total. The van der Waals surface area contributed by atoms with E-state index in [0.29, 0.717) is 11.6 Å². The maximum atomic E-state index is 12.0. The minimum atomic E-state index is -3.51. The van der Waals surface area contributed by atoms with Gasteiger partial charge in [0.1, 0.15) is 5.01 Å². The topological polar surface area (TPSA) is 68.3 Å². The maximum absolute atomic E-state index is 12.0. The van der Waals surface area contributed by atoms with Crippen molar-refractivity contribution >= 4 is 37.3 Å². The summed E-state index contributed by atoms with van der Waals surface area (Å²) in [7, 11) is -1.99. The van der Waals surface area contributed by atoms with Crippen LogP contribution in [0.1, 0.15) is 0 Å². The minimum Gasteiger partial charge on any atom is -0.383 e. The van der Waals surface area contributed by atoms with Crippen LogP contribution in [0.3, 0.4) is 0 Å². The molecule has 0 amide bonds. The largest absolute Gasteiger partial charge is 0.383 e. The Labute approximate surface area is 130 Å². The van der Waals surface area contributed by atoms with Crippen LogP contribution in [0, 0.1) is 0 Å².